The van der Waals surface area contributed by atoms with Gasteiger partial charge in [-0.05, 0) is 19.8 Å². The summed E-state index contributed by atoms with van der Waals surface area (Å²) in [6.07, 6.45) is 0.215. The molecule has 2 unspecified atom stereocenters. The molecule has 7 heteroatoms. The summed E-state index contributed by atoms with van der Waals surface area (Å²) in [5.74, 6) is -1.81. The van der Waals surface area contributed by atoms with Crippen molar-refractivity contribution in [2.24, 2.45) is 5.92 Å². The van der Waals surface area contributed by atoms with Crippen LogP contribution < -0.4 is 29.6 Å². The Morgan fingerprint density at radius 1 is 1.50 bits per heavy atom. The first-order chi connectivity index (χ1) is 5.79. The predicted octanol–water partition coefficient (Wildman–Crippen LogP) is -2.57. The van der Waals surface area contributed by atoms with Gasteiger partial charge in [0.25, 0.3) is 0 Å². The van der Waals surface area contributed by atoms with Crippen LogP contribution in [0.4, 0.5) is 0 Å². The molecule has 0 heterocycles. The summed E-state index contributed by atoms with van der Waals surface area (Å²) >= 11 is 0. The first-order valence-corrected chi connectivity index (χ1v) is 5.43. The maximum Gasteiger partial charge on any atom is 1.00 e. The Balaban J connectivity index is 0. The third-order valence-corrected chi connectivity index (χ3v) is 3.13. The molecule has 0 aromatic rings. The molecule has 78 valence electrons. The maximum absolute atomic E-state index is 10.5. The molecule has 0 aliphatic carbocycles. The van der Waals surface area contributed by atoms with Crippen molar-refractivity contribution in [3.05, 3.63) is 0 Å². The molecule has 0 rings (SSSR count). The molecular weight excluding hydrogens is 219 g/mol. The van der Waals surface area contributed by atoms with Crippen molar-refractivity contribution in [3.8, 4) is 0 Å². The van der Waals surface area contributed by atoms with Crippen molar-refractivity contribution >= 4 is 16.1 Å². The molecule has 0 aliphatic rings. The second-order valence-corrected chi connectivity index (χ2v) is 4.77. The molecule has 0 bridgehead atoms. The van der Waals surface area contributed by atoms with E-state index in [-0.39, 0.29) is 36.0 Å². The van der Waals surface area contributed by atoms with E-state index >= 15 is 0 Å². The topological polar surface area (TPSA) is 94.5 Å². The van der Waals surface area contributed by atoms with Gasteiger partial charge in [0.2, 0.25) is 0 Å². The Morgan fingerprint density at radius 2 is 1.93 bits per heavy atom. The Hall–Kier alpha value is 0.380. The molecule has 14 heavy (non-hydrogen) atoms. The molecule has 0 fully saturated rings. The molecular formula is C7H13NaO5S. The summed E-state index contributed by atoms with van der Waals surface area (Å²) in [6.45, 7) is 2.87. The van der Waals surface area contributed by atoms with Crippen molar-refractivity contribution in [1.29, 1.82) is 0 Å². The summed E-state index contributed by atoms with van der Waals surface area (Å²) in [7, 11) is -4.35. The van der Waals surface area contributed by atoms with Gasteiger partial charge in [0.05, 0.1) is 16.0 Å². The van der Waals surface area contributed by atoms with E-state index in [0.717, 1.165) is 0 Å². The second kappa shape index (κ2) is 6.79. The largest absolute Gasteiger partial charge is 1.00 e. The summed E-state index contributed by atoms with van der Waals surface area (Å²) in [5, 5.41) is 7.46. The van der Waals surface area contributed by atoms with E-state index in [1.807, 2.05) is 0 Å². The van der Waals surface area contributed by atoms with Crippen LogP contribution in [0.3, 0.4) is 0 Å². The normalized spacial score (nSPS) is 15.4. The van der Waals surface area contributed by atoms with Gasteiger partial charge in [-0.2, -0.15) is 0 Å². The van der Waals surface area contributed by atoms with Gasteiger partial charge in [0, 0.05) is 5.25 Å². The van der Waals surface area contributed by atoms with Crippen LogP contribution in [0.15, 0.2) is 0 Å². The molecule has 0 radical (unpaired) electrons. The van der Waals surface area contributed by atoms with Crippen molar-refractivity contribution in [2.45, 2.75) is 31.9 Å². The Kier molecular flexibility index (Phi) is 8.15. The van der Waals surface area contributed by atoms with Crippen LogP contribution in [-0.4, -0.2) is 29.3 Å². The number of rotatable bonds is 5. The number of hydrogen-bond donors (Lipinski definition) is 1. The smallest absolute Gasteiger partial charge is 0.748 e. The van der Waals surface area contributed by atoms with Crippen LogP contribution in [-0.2, 0) is 14.9 Å². The van der Waals surface area contributed by atoms with Crippen LogP contribution in [0.1, 0.15) is 26.7 Å². The van der Waals surface area contributed by atoms with Crippen molar-refractivity contribution in [2.75, 3.05) is 0 Å². The number of carbonyl (C=O) groups is 1. The second-order valence-electron chi connectivity index (χ2n) is 2.98. The number of aliphatic carboxylic acids is 1. The van der Waals surface area contributed by atoms with E-state index in [2.05, 4.69) is 0 Å². The van der Waals surface area contributed by atoms with E-state index < -0.39 is 27.3 Å². The zero-order valence-electron chi connectivity index (χ0n) is 8.56. The van der Waals surface area contributed by atoms with Crippen molar-refractivity contribution in [1.82, 2.24) is 0 Å². The number of carboxylic acid groups (broad SMARTS) is 1. The molecule has 0 saturated carbocycles. The quantitative estimate of drug-likeness (QED) is 0.415. The molecule has 0 aromatic heterocycles. The Bertz CT molecular complexity index is 274. The van der Waals surface area contributed by atoms with Gasteiger partial charge in [-0.1, -0.05) is 6.92 Å². The summed E-state index contributed by atoms with van der Waals surface area (Å²) in [4.78, 5) is 10.5. The van der Waals surface area contributed by atoms with E-state index in [0.29, 0.717) is 6.42 Å². The van der Waals surface area contributed by atoms with E-state index in [9.17, 15) is 17.8 Å². The Labute approximate surface area is 106 Å². The molecule has 0 spiro atoms. The fourth-order valence-corrected chi connectivity index (χ4v) is 1.43. The van der Waals surface area contributed by atoms with Gasteiger partial charge in [-0.3, -0.25) is 4.79 Å². The van der Waals surface area contributed by atoms with Crippen molar-refractivity contribution < 1.29 is 52.4 Å². The van der Waals surface area contributed by atoms with Gasteiger partial charge < -0.3 is 9.66 Å². The molecule has 0 saturated heterocycles. The third-order valence-electron chi connectivity index (χ3n) is 1.95. The molecule has 1 N–H and O–H groups in total. The minimum absolute atomic E-state index is 0. The Morgan fingerprint density at radius 3 is 2.14 bits per heavy atom. The number of hydrogen-bond acceptors (Lipinski definition) is 4. The fourth-order valence-electron chi connectivity index (χ4n) is 0.961. The molecule has 2 atom stereocenters. The third kappa shape index (κ3) is 5.98. The summed E-state index contributed by atoms with van der Waals surface area (Å²) in [5.41, 5.74) is 0. The van der Waals surface area contributed by atoms with Crippen LogP contribution >= 0.6 is 0 Å². The van der Waals surface area contributed by atoms with Gasteiger partial charge >= 0.3 is 35.5 Å². The summed E-state index contributed by atoms with van der Waals surface area (Å²) in [6, 6.07) is 0. The minimum Gasteiger partial charge on any atom is -0.748 e. The monoisotopic (exact) mass is 232 g/mol. The van der Waals surface area contributed by atoms with Crippen LogP contribution in [0.25, 0.3) is 0 Å². The zero-order chi connectivity index (χ0) is 10.6. The number of carboxylic acids is 1. The zero-order valence-corrected chi connectivity index (χ0v) is 11.4. The SMILES string of the molecule is CCC(CC(C)S(=O)(=O)[O-])C(=O)O.[Na+]. The average molecular weight is 232 g/mol. The van der Waals surface area contributed by atoms with Crippen molar-refractivity contribution in [3.63, 3.8) is 0 Å². The first kappa shape index (κ1) is 16.8. The standard InChI is InChI=1S/C7H14O5S.Na/c1-3-6(7(8)9)4-5(2)13(10,11)12;/h5-6H,3-4H2,1-2H3,(H,8,9)(H,10,11,12);/q;+1/p-1. The van der Waals surface area contributed by atoms with Crippen LogP contribution in [0, 0.1) is 5.92 Å². The van der Waals surface area contributed by atoms with Gasteiger partial charge in [0.15, 0.2) is 0 Å². The molecule has 0 aromatic carbocycles. The van der Waals surface area contributed by atoms with Crippen LogP contribution in [0.5, 0.6) is 0 Å². The first-order valence-electron chi connectivity index (χ1n) is 3.96. The van der Waals surface area contributed by atoms with Gasteiger partial charge in [-0.25, -0.2) is 8.42 Å². The minimum atomic E-state index is -4.35. The molecule has 0 amide bonds. The van der Waals surface area contributed by atoms with Gasteiger partial charge in [-0.15, -0.1) is 0 Å². The predicted molar refractivity (Wildman–Crippen MR) is 45.2 cm³/mol. The fraction of sp³-hybridized carbons (Fsp3) is 0.857. The molecule has 5 nitrogen and oxygen atoms in total. The maximum atomic E-state index is 10.5. The van der Waals surface area contributed by atoms with Gasteiger partial charge in [0.1, 0.15) is 0 Å². The van der Waals surface area contributed by atoms with Crippen LogP contribution in [0.2, 0.25) is 0 Å². The van der Waals surface area contributed by atoms with E-state index in [1.165, 1.54) is 6.92 Å². The molecule has 0 aliphatic heterocycles. The average Bonchev–Trinajstić information content (AvgIpc) is 1.96. The van der Waals surface area contributed by atoms with E-state index in [1.54, 1.807) is 6.92 Å². The van der Waals surface area contributed by atoms with E-state index in [4.69, 9.17) is 5.11 Å². The summed E-state index contributed by atoms with van der Waals surface area (Å²) < 4.78 is 31.4.